The van der Waals surface area contributed by atoms with E-state index in [1.54, 1.807) is 18.4 Å². The van der Waals surface area contributed by atoms with E-state index >= 15 is 0 Å². The molecule has 2 unspecified atom stereocenters. The van der Waals surface area contributed by atoms with E-state index in [0.29, 0.717) is 28.4 Å². The third-order valence-corrected chi connectivity index (χ3v) is 16.8. The zero-order valence-corrected chi connectivity index (χ0v) is 44.5. The third-order valence-electron chi connectivity index (χ3n) is 13.5. The number of hydroxylamine groups is 2. The van der Waals surface area contributed by atoms with Crippen LogP contribution in [0.25, 0.3) is 0 Å². The van der Waals surface area contributed by atoms with Crippen LogP contribution in [0.5, 0.6) is 0 Å². The Morgan fingerprint density at radius 1 is 0.753 bits per heavy atom. The monoisotopic (exact) mass is 1100 g/mol. The second-order valence-corrected chi connectivity index (χ2v) is 26.5. The molecule has 400 valence electrons. The predicted octanol–water partition coefficient (Wildman–Crippen LogP) is 5.23. The molecule has 73 heavy (non-hydrogen) atoms. The number of carbonyl (C=O) groups is 4. The minimum Gasteiger partial charge on any atom is -0.506 e. The predicted molar refractivity (Wildman–Crippen MR) is 262 cm³/mol. The van der Waals surface area contributed by atoms with E-state index < -0.39 is 113 Å². The molecule has 0 radical (unpaired) electrons. The lowest BCUT2D eigenvalue weighted by Gasteiger charge is -2.42. The molecule has 3 heterocycles. The molecule has 3 aliphatic heterocycles. The van der Waals surface area contributed by atoms with Crippen LogP contribution in [-0.2, 0) is 80.1 Å². The topological polar surface area (TPSA) is 334 Å². The summed E-state index contributed by atoms with van der Waals surface area (Å²) >= 11 is 0. The van der Waals surface area contributed by atoms with Gasteiger partial charge in [-0.3, -0.25) is 32.6 Å². The smallest absolute Gasteiger partial charge is 0.333 e. The van der Waals surface area contributed by atoms with Crippen LogP contribution in [0.3, 0.4) is 0 Å². The summed E-state index contributed by atoms with van der Waals surface area (Å²) in [6, 6.07) is 7.47. The van der Waals surface area contributed by atoms with E-state index in [1.165, 1.54) is 36.4 Å². The number of Topliss-reactive ketones (excluding diaryl/α,β-unsaturated/α-hetero) is 1. The molecule has 4 aliphatic rings. The van der Waals surface area contributed by atoms with Crippen molar-refractivity contribution in [3.63, 3.8) is 0 Å². The second kappa shape index (κ2) is 20.2. The zero-order valence-electron chi connectivity index (χ0n) is 41.2. The van der Waals surface area contributed by atoms with E-state index in [1.807, 2.05) is 39.5 Å². The van der Waals surface area contributed by atoms with Gasteiger partial charge in [0.15, 0.2) is 5.71 Å². The van der Waals surface area contributed by atoms with Crippen molar-refractivity contribution < 1.29 is 90.3 Å². The van der Waals surface area contributed by atoms with Gasteiger partial charge < -0.3 is 19.6 Å². The summed E-state index contributed by atoms with van der Waals surface area (Å²) in [5.74, 6) is -5.10. The lowest BCUT2D eigenvalue weighted by atomic mass is 9.73. The molecule has 5 N–H and O–H groups in total. The van der Waals surface area contributed by atoms with Gasteiger partial charge in [-0.2, -0.15) is 38.2 Å². The normalized spacial score (nSPS) is 22.0. The molecule has 2 aromatic carbocycles. The maximum absolute atomic E-state index is 14.7. The molecule has 22 nitrogen and oxygen atoms in total. The Kier molecular flexibility index (Phi) is 15.8. The first-order chi connectivity index (χ1) is 33.4. The van der Waals surface area contributed by atoms with Gasteiger partial charge in [0.2, 0.25) is 11.5 Å². The highest BCUT2D eigenvalue weighted by Crippen LogP contribution is 2.55. The number of ketones is 1. The lowest BCUT2D eigenvalue weighted by Crippen LogP contribution is -2.45. The van der Waals surface area contributed by atoms with E-state index in [-0.39, 0.29) is 92.6 Å². The summed E-state index contributed by atoms with van der Waals surface area (Å²) in [6.07, 6.45) is 1.67. The molecule has 26 heteroatoms. The van der Waals surface area contributed by atoms with Gasteiger partial charge in [-0.1, -0.05) is 0 Å². The molecule has 0 spiro atoms. The lowest BCUT2D eigenvalue weighted by molar-refractivity contribution is -0.438. The first kappa shape index (κ1) is 57.1. The summed E-state index contributed by atoms with van der Waals surface area (Å²) in [6.45, 7) is 12.6. The Hall–Kier alpha value is -5.19. The molecule has 0 aromatic heterocycles. The Labute approximate surface area is 424 Å². The van der Waals surface area contributed by atoms with Gasteiger partial charge in [0.25, 0.3) is 52.3 Å². The fourth-order valence-corrected chi connectivity index (χ4v) is 11.8. The number of hydrogen-bond donors (Lipinski definition) is 5. The van der Waals surface area contributed by atoms with Crippen LogP contribution in [0.2, 0.25) is 0 Å². The summed E-state index contributed by atoms with van der Waals surface area (Å²) < 4.78 is 145. The average molecular weight is 1100 g/mol. The van der Waals surface area contributed by atoms with Gasteiger partial charge in [0.1, 0.15) is 12.3 Å². The van der Waals surface area contributed by atoms with Crippen LogP contribution >= 0.6 is 0 Å². The largest absolute Gasteiger partial charge is 0.506 e. The molecule has 0 saturated carbocycles. The molecule has 1 aliphatic carbocycles. The van der Waals surface area contributed by atoms with Gasteiger partial charge in [-0.05, 0) is 123 Å². The molecule has 2 amide bonds. The number of fused-ring (bicyclic) bond motifs is 2. The number of rotatable bonds is 21. The van der Waals surface area contributed by atoms with Crippen LogP contribution in [0.1, 0.15) is 117 Å². The van der Waals surface area contributed by atoms with Gasteiger partial charge in [0.05, 0.1) is 49.9 Å². The first-order valence-electron chi connectivity index (χ1n) is 23.1. The second-order valence-electron chi connectivity index (χ2n) is 20.5. The van der Waals surface area contributed by atoms with E-state index in [2.05, 4.69) is 0 Å². The number of aliphatic hydroxyl groups is 1. The Morgan fingerprint density at radius 3 is 1.81 bits per heavy atom. The highest BCUT2D eigenvalue weighted by Gasteiger charge is 2.52. The van der Waals surface area contributed by atoms with E-state index in [9.17, 15) is 76.2 Å². The highest BCUT2D eigenvalue weighted by molar-refractivity contribution is 7.86. The van der Waals surface area contributed by atoms with Crippen molar-refractivity contribution >= 4 is 81.1 Å². The minimum atomic E-state index is -4.84. The van der Waals surface area contributed by atoms with E-state index in [4.69, 9.17) is 9.57 Å². The summed E-state index contributed by atoms with van der Waals surface area (Å²) in [7, 11) is -18.7. The fourth-order valence-electron chi connectivity index (χ4n) is 9.73. The van der Waals surface area contributed by atoms with Crippen molar-refractivity contribution in [1.29, 1.82) is 0 Å². The Bertz CT molecular complexity index is 3240. The molecule has 0 bridgehead atoms. The van der Waals surface area contributed by atoms with Gasteiger partial charge >= 0.3 is 5.97 Å². The van der Waals surface area contributed by atoms with Crippen LogP contribution < -0.4 is 4.90 Å². The number of ether oxygens (including phenoxy) is 1. The number of imide groups is 1. The maximum Gasteiger partial charge on any atom is 0.333 e. The van der Waals surface area contributed by atoms with Crippen LogP contribution in [0.4, 0.5) is 11.4 Å². The van der Waals surface area contributed by atoms with Gasteiger partial charge in [-0.15, -0.1) is 5.06 Å². The van der Waals surface area contributed by atoms with E-state index in [0.717, 1.165) is 12.1 Å². The SMILES string of the molecule is CC(C)(C)OCCC(C)(C)N1C(=CC2=C(O)C(=CC3=[N+](CCCC(=O)ON4C(=O)CCC4=O)c4ccc(S(=O)(=O)O)cc4C3(C)CCCS(=O)(=O)O)C2=O)C(C)(CCCS(=O)(=O)O)c2cc(S(=O)(=O)O)ccc21. The van der Waals surface area contributed by atoms with Crippen molar-refractivity contribution in [2.45, 2.75) is 138 Å². The summed E-state index contributed by atoms with van der Waals surface area (Å²) in [4.78, 5) is 57.6. The third kappa shape index (κ3) is 12.5. The fraction of sp³-hybridized carbons (Fsp3) is 0.511. The number of aliphatic hydroxyl groups excluding tert-OH is 1. The molecule has 2 aromatic rings. The van der Waals surface area contributed by atoms with Crippen molar-refractivity contribution in [1.82, 2.24) is 5.06 Å². The number of anilines is 1. The standard InChI is InChI=1S/C47H59N3O19S4/c1-44(2,3)68-22-20-45(4,5)49-36-15-13-30(73(65,66)67)26-34(36)47(7,19-10-24-71(59,60)61)38(49)28-32-42(54)31(43(32)55)27-37-46(6,18-9-23-70(56,57)58)33-25-29(72(62,63)64)12-14-35(33)48(37)21-8-11-41(53)69-50-39(51)16-17-40(50)52/h12-15,25-28H,8-11,16-24H2,1-7H3,(H4-,54,55,56,57,58,59,60,61,62,63,64,65,66,67)/p+1. The molecular formula is C47H60N3O19S4+. The number of benzene rings is 2. The van der Waals surface area contributed by atoms with Crippen LogP contribution in [0, 0.1) is 0 Å². The minimum absolute atomic E-state index is 0.0577. The average Bonchev–Trinajstić information content (AvgIpc) is 3.78. The van der Waals surface area contributed by atoms with Crippen LogP contribution in [0.15, 0.2) is 80.9 Å². The molecule has 1 saturated heterocycles. The van der Waals surface area contributed by atoms with Crippen molar-refractivity contribution in [3.05, 3.63) is 82.3 Å². The number of allylic oxidation sites excluding steroid dienone is 5. The molecule has 6 rings (SSSR count). The zero-order chi connectivity index (χ0) is 54.7. The number of nitrogens with zero attached hydrogens (tertiary/aromatic N) is 3. The first-order valence-corrected chi connectivity index (χ1v) is 29.2. The molecule has 2 atom stereocenters. The van der Waals surface area contributed by atoms with Crippen molar-refractivity contribution in [2.24, 2.45) is 0 Å². The van der Waals surface area contributed by atoms with Gasteiger partial charge in [-0.25, -0.2) is 4.79 Å². The number of hydrogen-bond acceptors (Lipinski definition) is 16. The molecular weight excluding hydrogens is 1040 g/mol. The van der Waals surface area contributed by atoms with Crippen LogP contribution in [-0.4, -0.2) is 132 Å². The van der Waals surface area contributed by atoms with Crippen molar-refractivity contribution in [2.75, 3.05) is 29.6 Å². The number of carbonyl (C=O) groups excluding carboxylic acids is 4. The summed E-state index contributed by atoms with van der Waals surface area (Å²) in [5, 5.41) is 12.4. The maximum atomic E-state index is 14.7. The Morgan fingerprint density at radius 2 is 1.29 bits per heavy atom. The summed E-state index contributed by atoms with van der Waals surface area (Å²) in [5.41, 5.74) is -3.17. The molecule has 1 fully saturated rings. The Balaban J connectivity index is 1.53. The van der Waals surface area contributed by atoms with Crippen molar-refractivity contribution in [3.8, 4) is 0 Å². The highest BCUT2D eigenvalue weighted by atomic mass is 32.2. The van der Waals surface area contributed by atoms with Gasteiger partial charge in [0, 0.05) is 65.9 Å². The number of amides is 2. The quantitative estimate of drug-likeness (QED) is 0.0462.